The molecular weight excluding hydrogens is 243 g/mol. The molecule has 1 aromatic carbocycles. The zero-order valence-electron chi connectivity index (χ0n) is 9.42. The van der Waals surface area contributed by atoms with E-state index in [0.29, 0.717) is 17.9 Å². The molecule has 0 amide bonds. The van der Waals surface area contributed by atoms with Gasteiger partial charge in [0.25, 0.3) is 0 Å². The van der Waals surface area contributed by atoms with E-state index >= 15 is 0 Å². The van der Waals surface area contributed by atoms with E-state index in [1.165, 1.54) is 18.2 Å². The SMILES string of the molecule is O=C(CCC1CCCO1)c1ccc(Cl)cc1F. The van der Waals surface area contributed by atoms with Gasteiger partial charge in [-0.2, -0.15) is 0 Å². The summed E-state index contributed by atoms with van der Waals surface area (Å²) in [5, 5.41) is 0.304. The first kappa shape index (κ1) is 12.5. The molecule has 1 fully saturated rings. The van der Waals surface area contributed by atoms with Crippen LogP contribution in [-0.4, -0.2) is 18.5 Å². The van der Waals surface area contributed by atoms with E-state index in [1.54, 1.807) is 0 Å². The number of Topliss-reactive ketones (excluding diaryl/α,β-unsaturated/α-hetero) is 1. The number of halogens is 2. The van der Waals surface area contributed by atoms with E-state index < -0.39 is 5.82 Å². The molecule has 2 nitrogen and oxygen atoms in total. The van der Waals surface area contributed by atoms with Crippen LogP contribution in [0.15, 0.2) is 18.2 Å². The molecule has 0 spiro atoms. The highest BCUT2D eigenvalue weighted by molar-refractivity contribution is 6.30. The number of carbonyl (C=O) groups is 1. The number of carbonyl (C=O) groups excluding carboxylic acids is 1. The topological polar surface area (TPSA) is 26.3 Å². The monoisotopic (exact) mass is 256 g/mol. The third-order valence-corrected chi connectivity index (χ3v) is 3.18. The zero-order valence-corrected chi connectivity index (χ0v) is 10.2. The second kappa shape index (κ2) is 5.61. The Labute approximate surface area is 105 Å². The summed E-state index contributed by atoms with van der Waals surface area (Å²) in [6, 6.07) is 4.14. The Kier molecular flexibility index (Phi) is 4.13. The highest BCUT2D eigenvalue weighted by Crippen LogP contribution is 2.20. The first-order valence-corrected chi connectivity index (χ1v) is 6.14. The normalized spacial score (nSPS) is 19.5. The van der Waals surface area contributed by atoms with Crippen LogP contribution >= 0.6 is 11.6 Å². The smallest absolute Gasteiger partial charge is 0.165 e. The maximum absolute atomic E-state index is 13.5. The molecule has 2 rings (SSSR count). The van der Waals surface area contributed by atoms with Gasteiger partial charge in [0.2, 0.25) is 0 Å². The summed E-state index contributed by atoms with van der Waals surface area (Å²) in [7, 11) is 0. The van der Waals surface area contributed by atoms with Crippen molar-refractivity contribution in [2.45, 2.75) is 31.8 Å². The summed E-state index contributed by atoms with van der Waals surface area (Å²) in [5.41, 5.74) is 0.118. The highest BCUT2D eigenvalue weighted by Gasteiger charge is 2.18. The van der Waals surface area contributed by atoms with Crippen molar-refractivity contribution in [3.05, 3.63) is 34.6 Å². The molecule has 0 saturated carbocycles. The number of ether oxygens (including phenoxy) is 1. The van der Waals surface area contributed by atoms with Crippen molar-refractivity contribution < 1.29 is 13.9 Å². The van der Waals surface area contributed by atoms with Gasteiger partial charge >= 0.3 is 0 Å². The molecule has 1 heterocycles. The van der Waals surface area contributed by atoms with E-state index in [-0.39, 0.29) is 17.5 Å². The first-order valence-electron chi connectivity index (χ1n) is 5.76. The fraction of sp³-hybridized carbons (Fsp3) is 0.462. The molecular formula is C13H14ClFO2. The van der Waals surface area contributed by atoms with E-state index in [2.05, 4.69) is 0 Å². The predicted molar refractivity (Wildman–Crippen MR) is 63.9 cm³/mol. The van der Waals surface area contributed by atoms with Gasteiger partial charge in [-0.3, -0.25) is 4.79 Å². The quantitative estimate of drug-likeness (QED) is 0.769. The highest BCUT2D eigenvalue weighted by atomic mass is 35.5. The van der Waals surface area contributed by atoms with Crippen LogP contribution in [-0.2, 0) is 4.74 Å². The molecule has 1 saturated heterocycles. The lowest BCUT2D eigenvalue weighted by atomic mass is 10.0. The van der Waals surface area contributed by atoms with E-state index in [0.717, 1.165) is 19.4 Å². The molecule has 1 unspecified atom stereocenters. The van der Waals surface area contributed by atoms with Crippen LogP contribution < -0.4 is 0 Å². The summed E-state index contributed by atoms with van der Waals surface area (Å²) in [5.74, 6) is -0.732. The van der Waals surface area contributed by atoms with Gasteiger partial charge in [-0.1, -0.05) is 11.6 Å². The lowest BCUT2D eigenvalue weighted by molar-refractivity contribution is 0.0856. The Morgan fingerprint density at radius 3 is 3.00 bits per heavy atom. The standard InChI is InChI=1S/C13H14ClFO2/c14-9-3-5-11(12(15)8-9)13(16)6-4-10-2-1-7-17-10/h3,5,8,10H,1-2,4,6-7H2. The van der Waals surface area contributed by atoms with E-state index in [4.69, 9.17) is 16.3 Å². The largest absolute Gasteiger partial charge is 0.378 e. The molecule has 17 heavy (non-hydrogen) atoms. The van der Waals surface area contributed by atoms with Crippen molar-refractivity contribution in [2.24, 2.45) is 0 Å². The van der Waals surface area contributed by atoms with Crippen molar-refractivity contribution in [2.75, 3.05) is 6.61 Å². The first-order chi connectivity index (χ1) is 8.16. The third-order valence-electron chi connectivity index (χ3n) is 2.95. The van der Waals surface area contributed by atoms with Gasteiger partial charge < -0.3 is 4.74 Å². The zero-order chi connectivity index (χ0) is 12.3. The van der Waals surface area contributed by atoms with Crippen LogP contribution in [0.25, 0.3) is 0 Å². The Balaban J connectivity index is 1.94. The molecule has 0 bridgehead atoms. The van der Waals surface area contributed by atoms with Gasteiger partial charge in [0.15, 0.2) is 5.78 Å². The maximum Gasteiger partial charge on any atom is 0.165 e. The molecule has 4 heteroatoms. The molecule has 1 aromatic rings. The minimum Gasteiger partial charge on any atom is -0.378 e. The van der Waals surface area contributed by atoms with Crippen molar-refractivity contribution in [1.29, 1.82) is 0 Å². The number of hydrogen-bond donors (Lipinski definition) is 0. The van der Waals surface area contributed by atoms with Gasteiger partial charge in [0.05, 0.1) is 11.7 Å². The number of hydrogen-bond acceptors (Lipinski definition) is 2. The summed E-state index contributed by atoms with van der Waals surface area (Å²) >= 11 is 5.63. The van der Waals surface area contributed by atoms with Crippen LogP contribution in [0.3, 0.4) is 0 Å². The van der Waals surface area contributed by atoms with E-state index in [9.17, 15) is 9.18 Å². The molecule has 0 aliphatic carbocycles. The van der Waals surface area contributed by atoms with Gasteiger partial charge in [0.1, 0.15) is 5.82 Å². The van der Waals surface area contributed by atoms with Crippen molar-refractivity contribution >= 4 is 17.4 Å². The number of benzene rings is 1. The van der Waals surface area contributed by atoms with Gasteiger partial charge in [-0.25, -0.2) is 4.39 Å². The minimum atomic E-state index is -0.546. The fourth-order valence-corrected chi connectivity index (χ4v) is 2.17. The maximum atomic E-state index is 13.5. The van der Waals surface area contributed by atoms with Crippen molar-refractivity contribution in [3.63, 3.8) is 0 Å². The predicted octanol–water partition coefficient (Wildman–Crippen LogP) is 3.62. The fourth-order valence-electron chi connectivity index (χ4n) is 2.01. The van der Waals surface area contributed by atoms with Crippen molar-refractivity contribution in [1.82, 2.24) is 0 Å². The van der Waals surface area contributed by atoms with Crippen LogP contribution in [0, 0.1) is 5.82 Å². The van der Waals surface area contributed by atoms with Crippen molar-refractivity contribution in [3.8, 4) is 0 Å². The summed E-state index contributed by atoms with van der Waals surface area (Å²) in [6.45, 7) is 0.772. The lowest BCUT2D eigenvalue weighted by Gasteiger charge is -2.08. The van der Waals surface area contributed by atoms with E-state index in [1.807, 2.05) is 0 Å². The summed E-state index contributed by atoms with van der Waals surface area (Å²) in [4.78, 5) is 11.8. The van der Waals surface area contributed by atoms with Crippen LogP contribution in [0.5, 0.6) is 0 Å². The molecule has 0 aromatic heterocycles. The Bertz CT molecular complexity index is 414. The Hall–Kier alpha value is -0.930. The molecule has 1 atom stereocenters. The molecule has 92 valence electrons. The average Bonchev–Trinajstić information content (AvgIpc) is 2.78. The Morgan fingerprint density at radius 1 is 1.53 bits per heavy atom. The van der Waals surface area contributed by atoms with Gasteiger partial charge in [0, 0.05) is 18.1 Å². The second-order valence-corrected chi connectivity index (χ2v) is 4.66. The van der Waals surface area contributed by atoms with Crippen LogP contribution in [0.1, 0.15) is 36.0 Å². The number of ketones is 1. The summed E-state index contributed by atoms with van der Waals surface area (Å²) < 4.78 is 18.9. The second-order valence-electron chi connectivity index (χ2n) is 4.22. The molecule has 1 aliphatic heterocycles. The number of rotatable bonds is 4. The molecule has 0 radical (unpaired) electrons. The average molecular weight is 257 g/mol. The lowest BCUT2D eigenvalue weighted by Crippen LogP contribution is -2.09. The van der Waals surface area contributed by atoms with Gasteiger partial charge in [-0.15, -0.1) is 0 Å². The molecule has 0 N–H and O–H groups in total. The van der Waals surface area contributed by atoms with Gasteiger partial charge in [-0.05, 0) is 37.5 Å². The molecule has 1 aliphatic rings. The van der Waals surface area contributed by atoms with Crippen LogP contribution in [0.4, 0.5) is 4.39 Å². The third kappa shape index (κ3) is 3.27. The van der Waals surface area contributed by atoms with Crippen LogP contribution in [0.2, 0.25) is 5.02 Å². The Morgan fingerprint density at radius 2 is 2.35 bits per heavy atom. The summed E-state index contributed by atoms with van der Waals surface area (Å²) in [6.07, 6.45) is 3.20. The minimum absolute atomic E-state index is 0.118.